The molecule has 0 fully saturated rings. The van der Waals surface area contributed by atoms with Crippen LogP contribution in [-0.4, -0.2) is 17.9 Å². The van der Waals surface area contributed by atoms with Crippen molar-refractivity contribution in [2.45, 2.75) is 0 Å². The summed E-state index contributed by atoms with van der Waals surface area (Å²) >= 11 is 5.79. The second-order valence-corrected chi connectivity index (χ2v) is 4.26. The first-order valence-electron chi connectivity index (χ1n) is 5.61. The molecule has 0 bridgehead atoms. The Hall–Kier alpha value is -2.21. The molecule has 1 amide bonds. The van der Waals surface area contributed by atoms with E-state index in [0.717, 1.165) is 12.1 Å². The molecule has 0 atom stereocenters. The highest BCUT2D eigenvalue weighted by Crippen LogP contribution is 2.24. The van der Waals surface area contributed by atoms with E-state index in [1.165, 1.54) is 25.4 Å². The largest absolute Gasteiger partial charge is 0.371 e. The Morgan fingerprint density at radius 3 is 2.70 bits per heavy atom. The second kappa shape index (κ2) is 5.83. The number of hydrogen-bond acceptors (Lipinski definition) is 3. The van der Waals surface area contributed by atoms with Crippen molar-refractivity contribution in [3.8, 4) is 0 Å². The van der Waals surface area contributed by atoms with E-state index in [9.17, 15) is 13.6 Å². The number of nitrogens with zero attached hydrogens (tertiary/aromatic N) is 1. The van der Waals surface area contributed by atoms with Gasteiger partial charge in [-0.25, -0.2) is 13.8 Å². The van der Waals surface area contributed by atoms with Crippen LogP contribution in [0.2, 0.25) is 5.02 Å². The minimum atomic E-state index is -0.772. The number of rotatable bonds is 3. The number of nitrogens with one attached hydrogen (secondary N) is 2. The third-order valence-electron chi connectivity index (χ3n) is 2.55. The van der Waals surface area contributed by atoms with Crippen molar-refractivity contribution in [2.75, 3.05) is 17.7 Å². The SMILES string of the molecule is CNc1nccc(C(=O)Nc2ccc(F)cc2Cl)c1F. The van der Waals surface area contributed by atoms with E-state index in [1.54, 1.807) is 0 Å². The standard InChI is InChI=1S/C13H10ClF2N3O/c1-17-12-11(16)8(4-5-18-12)13(20)19-10-3-2-7(15)6-9(10)14/h2-6H,1H3,(H,17,18)(H,19,20). The number of pyridine rings is 1. The van der Waals surface area contributed by atoms with E-state index in [-0.39, 0.29) is 22.1 Å². The van der Waals surface area contributed by atoms with Crippen molar-refractivity contribution < 1.29 is 13.6 Å². The van der Waals surface area contributed by atoms with E-state index in [1.807, 2.05) is 0 Å². The van der Waals surface area contributed by atoms with Crippen molar-refractivity contribution in [2.24, 2.45) is 0 Å². The quantitative estimate of drug-likeness (QED) is 0.914. The fourth-order valence-electron chi connectivity index (χ4n) is 1.57. The molecule has 20 heavy (non-hydrogen) atoms. The van der Waals surface area contributed by atoms with Gasteiger partial charge in [0.05, 0.1) is 16.3 Å². The molecule has 2 N–H and O–H groups in total. The van der Waals surface area contributed by atoms with Gasteiger partial charge in [0.2, 0.25) is 0 Å². The molecule has 0 unspecified atom stereocenters. The lowest BCUT2D eigenvalue weighted by Gasteiger charge is -2.09. The zero-order chi connectivity index (χ0) is 14.7. The van der Waals surface area contributed by atoms with E-state index < -0.39 is 17.5 Å². The Morgan fingerprint density at radius 1 is 1.30 bits per heavy atom. The van der Waals surface area contributed by atoms with E-state index in [2.05, 4.69) is 15.6 Å². The van der Waals surface area contributed by atoms with Gasteiger partial charge in [-0.2, -0.15) is 0 Å². The summed E-state index contributed by atoms with van der Waals surface area (Å²) in [7, 11) is 1.49. The summed E-state index contributed by atoms with van der Waals surface area (Å²) in [4.78, 5) is 15.7. The van der Waals surface area contributed by atoms with Gasteiger partial charge >= 0.3 is 0 Å². The molecular formula is C13H10ClF2N3O. The van der Waals surface area contributed by atoms with Gasteiger partial charge in [0, 0.05) is 13.2 Å². The van der Waals surface area contributed by atoms with Gasteiger partial charge in [0.15, 0.2) is 11.6 Å². The number of benzene rings is 1. The Balaban J connectivity index is 2.28. The number of carbonyl (C=O) groups is 1. The molecule has 0 spiro atoms. The number of anilines is 2. The highest BCUT2D eigenvalue weighted by Gasteiger charge is 2.16. The van der Waals surface area contributed by atoms with Gasteiger partial charge in [-0.3, -0.25) is 4.79 Å². The molecule has 1 aromatic carbocycles. The summed E-state index contributed by atoms with van der Waals surface area (Å²) in [6.07, 6.45) is 1.30. The van der Waals surface area contributed by atoms with Crippen LogP contribution in [0.25, 0.3) is 0 Å². The fraction of sp³-hybridized carbons (Fsp3) is 0.0769. The van der Waals surface area contributed by atoms with Crippen LogP contribution >= 0.6 is 11.6 Å². The minimum Gasteiger partial charge on any atom is -0.371 e. The van der Waals surface area contributed by atoms with Crippen molar-refractivity contribution in [1.29, 1.82) is 0 Å². The van der Waals surface area contributed by atoms with Crippen molar-refractivity contribution >= 4 is 29.0 Å². The highest BCUT2D eigenvalue weighted by molar-refractivity contribution is 6.33. The summed E-state index contributed by atoms with van der Waals surface area (Å²) < 4.78 is 26.8. The molecule has 0 aliphatic carbocycles. The van der Waals surface area contributed by atoms with Crippen molar-refractivity contribution in [3.05, 3.63) is 52.7 Å². The lowest BCUT2D eigenvalue weighted by Crippen LogP contribution is -2.15. The summed E-state index contributed by atoms with van der Waals surface area (Å²) in [5, 5.41) is 4.97. The Labute approximate surface area is 118 Å². The van der Waals surface area contributed by atoms with Gasteiger partial charge in [-0.15, -0.1) is 0 Å². The molecule has 0 aliphatic rings. The number of aromatic nitrogens is 1. The molecule has 1 heterocycles. The predicted octanol–water partition coefficient (Wildman–Crippen LogP) is 3.31. The van der Waals surface area contributed by atoms with Crippen LogP contribution in [0.3, 0.4) is 0 Å². The predicted molar refractivity (Wildman–Crippen MR) is 73.1 cm³/mol. The first-order chi connectivity index (χ1) is 9.52. The zero-order valence-electron chi connectivity index (χ0n) is 10.4. The normalized spacial score (nSPS) is 10.2. The maximum Gasteiger partial charge on any atom is 0.258 e. The zero-order valence-corrected chi connectivity index (χ0v) is 11.1. The van der Waals surface area contributed by atoms with Crippen LogP contribution in [-0.2, 0) is 0 Å². The van der Waals surface area contributed by atoms with Crippen LogP contribution in [0.4, 0.5) is 20.3 Å². The first kappa shape index (κ1) is 14.2. The van der Waals surface area contributed by atoms with Gasteiger partial charge in [-0.1, -0.05) is 11.6 Å². The lowest BCUT2D eigenvalue weighted by atomic mass is 10.2. The maximum absolute atomic E-state index is 13.9. The Kier molecular flexibility index (Phi) is 4.14. The monoisotopic (exact) mass is 297 g/mol. The number of hydrogen-bond donors (Lipinski definition) is 2. The fourth-order valence-corrected chi connectivity index (χ4v) is 1.79. The van der Waals surface area contributed by atoms with Crippen LogP contribution in [0, 0.1) is 11.6 Å². The highest BCUT2D eigenvalue weighted by atomic mass is 35.5. The average molecular weight is 298 g/mol. The molecule has 0 aliphatic heterocycles. The molecule has 2 rings (SSSR count). The summed E-state index contributed by atoms with van der Waals surface area (Å²) in [6, 6.07) is 4.74. The number of halogens is 3. The van der Waals surface area contributed by atoms with Crippen molar-refractivity contribution in [3.63, 3.8) is 0 Å². The van der Waals surface area contributed by atoms with Crippen LogP contribution < -0.4 is 10.6 Å². The van der Waals surface area contributed by atoms with Gasteiger partial charge in [0.25, 0.3) is 5.91 Å². The van der Waals surface area contributed by atoms with Crippen molar-refractivity contribution in [1.82, 2.24) is 4.98 Å². The molecule has 4 nitrogen and oxygen atoms in total. The molecule has 0 saturated carbocycles. The van der Waals surface area contributed by atoms with Crippen LogP contribution in [0.15, 0.2) is 30.5 Å². The van der Waals surface area contributed by atoms with Crippen LogP contribution in [0.1, 0.15) is 10.4 Å². The van der Waals surface area contributed by atoms with Gasteiger partial charge in [0.1, 0.15) is 5.82 Å². The summed E-state index contributed by atoms with van der Waals surface area (Å²) in [5.41, 5.74) is 0.00466. The third kappa shape index (κ3) is 2.85. The third-order valence-corrected chi connectivity index (χ3v) is 2.86. The molecular weight excluding hydrogens is 288 g/mol. The van der Waals surface area contributed by atoms with E-state index in [0.29, 0.717) is 0 Å². The smallest absolute Gasteiger partial charge is 0.258 e. The lowest BCUT2D eigenvalue weighted by molar-refractivity contribution is 0.102. The Morgan fingerprint density at radius 2 is 2.05 bits per heavy atom. The molecule has 0 radical (unpaired) electrons. The first-order valence-corrected chi connectivity index (χ1v) is 5.99. The molecule has 1 aromatic heterocycles. The average Bonchev–Trinajstić information content (AvgIpc) is 2.42. The van der Waals surface area contributed by atoms with Crippen LogP contribution in [0.5, 0.6) is 0 Å². The summed E-state index contributed by atoms with van der Waals surface area (Å²) in [5.74, 6) is -2.04. The molecule has 104 valence electrons. The minimum absolute atomic E-state index is 0.0293. The topological polar surface area (TPSA) is 54.0 Å². The Bertz CT molecular complexity index is 664. The molecule has 0 saturated heterocycles. The second-order valence-electron chi connectivity index (χ2n) is 3.85. The van der Waals surface area contributed by atoms with Gasteiger partial charge < -0.3 is 10.6 Å². The van der Waals surface area contributed by atoms with Gasteiger partial charge in [-0.05, 0) is 24.3 Å². The molecule has 2 aromatic rings. The van der Waals surface area contributed by atoms with E-state index in [4.69, 9.17) is 11.6 Å². The van der Waals surface area contributed by atoms with E-state index >= 15 is 0 Å². The molecule has 7 heteroatoms. The summed E-state index contributed by atoms with van der Waals surface area (Å²) in [6.45, 7) is 0. The number of carbonyl (C=O) groups excluding carboxylic acids is 1. The number of amides is 1. The maximum atomic E-state index is 13.9.